The van der Waals surface area contributed by atoms with Crippen LogP contribution in [0.4, 0.5) is 18.3 Å². The number of alkyl halides is 3. The zero-order chi connectivity index (χ0) is 21.0. The van der Waals surface area contributed by atoms with Gasteiger partial charge >= 0.3 is 6.18 Å². The first-order chi connectivity index (χ1) is 13.8. The molecule has 1 aliphatic rings. The van der Waals surface area contributed by atoms with Gasteiger partial charge in [-0.25, -0.2) is 4.98 Å². The molecule has 0 saturated carbocycles. The summed E-state index contributed by atoms with van der Waals surface area (Å²) in [5.74, 6) is 0.833. The maximum absolute atomic E-state index is 13.2. The molecule has 1 aliphatic heterocycles. The van der Waals surface area contributed by atoms with Crippen molar-refractivity contribution in [3.05, 3.63) is 34.7 Å². The predicted molar refractivity (Wildman–Crippen MR) is 113 cm³/mol. The van der Waals surface area contributed by atoms with Crippen LogP contribution in [0.3, 0.4) is 0 Å². The SMILES string of the molecule is CCCSC1CCCN1Cc1sc(NC(C)=O)nc1-c1cccc(C(F)(F)F)c1. The largest absolute Gasteiger partial charge is 0.416 e. The summed E-state index contributed by atoms with van der Waals surface area (Å²) in [7, 11) is 0. The lowest BCUT2D eigenvalue weighted by Gasteiger charge is -2.23. The molecule has 1 fully saturated rings. The molecule has 1 aromatic carbocycles. The van der Waals surface area contributed by atoms with E-state index in [4.69, 9.17) is 0 Å². The third-order valence-electron chi connectivity index (χ3n) is 4.61. The van der Waals surface area contributed by atoms with Crippen LogP contribution < -0.4 is 5.32 Å². The number of carbonyl (C=O) groups excluding carboxylic acids is 1. The van der Waals surface area contributed by atoms with Crippen LogP contribution in [0.5, 0.6) is 0 Å². The van der Waals surface area contributed by atoms with Crippen LogP contribution >= 0.6 is 23.1 Å². The Balaban J connectivity index is 1.92. The Morgan fingerprint density at radius 1 is 1.41 bits per heavy atom. The number of thioether (sulfide) groups is 1. The Kier molecular flexibility index (Phi) is 7.23. The van der Waals surface area contributed by atoms with E-state index in [-0.39, 0.29) is 5.91 Å². The highest BCUT2D eigenvalue weighted by molar-refractivity contribution is 7.99. The Labute approximate surface area is 176 Å². The van der Waals surface area contributed by atoms with E-state index in [1.54, 1.807) is 6.07 Å². The molecule has 1 amide bonds. The lowest BCUT2D eigenvalue weighted by molar-refractivity contribution is -0.137. The first-order valence-electron chi connectivity index (χ1n) is 9.58. The number of hydrogen-bond acceptors (Lipinski definition) is 5. The Morgan fingerprint density at radius 2 is 2.21 bits per heavy atom. The maximum atomic E-state index is 13.2. The van der Waals surface area contributed by atoms with Crippen molar-refractivity contribution < 1.29 is 18.0 Å². The summed E-state index contributed by atoms with van der Waals surface area (Å²) in [4.78, 5) is 19.2. The van der Waals surface area contributed by atoms with Crippen LogP contribution in [-0.2, 0) is 17.5 Å². The van der Waals surface area contributed by atoms with Crippen LogP contribution in [0.2, 0.25) is 0 Å². The van der Waals surface area contributed by atoms with E-state index in [0.717, 1.165) is 48.6 Å². The van der Waals surface area contributed by atoms with Gasteiger partial charge in [0, 0.05) is 23.9 Å². The molecule has 1 aromatic heterocycles. The molecule has 0 aliphatic carbocycles. The Morgan fingerprint density at radius 3 is 2.90 bits per heavy atom. The lowest BCUT2D eigenvalue weighted by Crippen LogP contribution is -2.26. The number of hydrogen-bond donors (Lipinski definition) is 1. The molecule has 2 heterocycles. The number of anilines is 1. The molecular weight excluding hydrogens is 419 g/mol. The molecule has 9 heteroatoms. The van der Waals surface area contributed by atoms with Crippen molar-refractivity contribution in [2.45, 2.75) is 51.2 Å². The number of aromatic nitrogens is 1. The number of halogens is 3. The highest BCUT2D eigenvalue weighted by Crippen LogP contribution is 2.38. The van der Waals surface area contributed by atoms with E-state index in [1.807, 2.05) is 11.8 Å². The standard InChI is InChI=1S/C20H24F3N3OS2/c1-3-10-28-17-8-5-9-26(17)12-16-18(25-19(29-16)24-13(2)27)14-6-4-7-15(11-14)20(21,22)23/h4,6-7,11,17H,3,5,8-10,12H2,1-2H3,(H,24,25,27). The second-order valence-electron chi connectivity index (χ2n) is 6.99. The third-order valence-corrected chi connectivity index (χ3v) is 7.13. The molecule has 4 nitrogen and oxygen atoms in total. The van der Waals surface area contributed by atoms with Gasteiger partial charge in [0.2, 0.25) is 5.91 Å². The van der Waals surface area contributed by atoms with Crippen LogP contribution in [0, 0.1) is 0 Å². The van der Waals surface area contributed by atoms with Gasteiger partial charge in [0.15, 0.2) is 5.13 Å². The molecule has 158 valence electrons. The normalized spacial score (nSPS) is 17.6. The number of likely N-dealkylation sites (tertiary alicyclic amines) is 1. The molecule has 1 atom stereocenters. The summed E-state index contributed by atoms with van der Waals surface area (Å²) < 4.78 is 39.5. The summed E-state index contributed by atoms with van der Waals surface area (Å²) in [5, 5.41) is 3.50. The fraction of sp³-hybridized carbons (Fsp3) is 0.500. The first-order valence-corrected chi connectivity index (χ1v) is 11.4. The van der Waals surface area contributed by atoms with Gasteiger partial charge in [0.1, 0.15) is 0 Å². The molecule has 0 bridgehead atoms. The predicted octanol–water partition coefficient (Wildman–Crippen LogP) is 5.85. The van der Waals surface area contributed by atoms with E-state index in [1.165, 1.54) is 24.3 Å². The average molecular weight is 444 g/mol. The highest BCUT2D eigenvalue weighted by Gasteiger charge is 2.31. The smallest absolute Gasteiger partial charge is 0.302 e. The van der Waals surface area contributed by atoms with E-state index in [0.29, 0.717) is 28.3 Å². The van der Waals surface area contributed by atoms with Crippen LogP contribution in [-0.4, -0.2) is 33.5 Å². The Bertz CT molecular complexity index is 854. The van der Waals surface area contributed by atoms with E-state index >= 15 is 0 Å². The average Bonchev–Trinajstić information content (AvgIpc) is 3.26. The fourth-order valence-corrected chi connectivity index (χ4v) is 5.62. The Hall–Kier alpha value is -1.58. The topological polar surface area (TPSA) is 45.2 Å². The second kappa shape index (κ2) is 9.49. The van der Waals surface area contributed by atoms with Crippen LogP contribution in [0.15, 0.2) is 24.3 Å². The summed E-state index contributed by atoms with van der Waals surface area (Å²) in [5.41, 5.74) is 0.225. The summed E-state index contributed by atoms with van der Waals surface area (Å²) in [6.07, 6.45) is -1.08. The molecule has 0 spiro atoms. The minimum atomic E-state index is -4.41. The van der Waals surface area contributed by atoms with Gasteiger partial charge < -0.3 is 5.32 Å². The van der Waals surface area contributed by atoms with Crippen molar-refractivity contribution in [1.82, 2.24) is 9.88 Å². The second-order valence-corrected chi connectivity index (χ2v) is 9.36. The van der Waals surface area contributed by atoms with Crippen LogP contribution in [0.1, 0.15) is 43.6 Å². The van der Waals surface area contributed by atoms with Crippen molar-refractivity contribution in [2.75, 3.05) is 17.6 Å². The van der Waals surface area contributed by atoms with Crippen molar-refractivity contribution in [3.63, 3.8) is 0 Å². The molecule has 0 radical (unpaired) electrons. The first kappa shape index (κ1) is 22.1. The molecule has 3 rings (SSSR count). The zero-order valence-electron chi connectivity index (χ0n) is 16.4. The highest BCUT2D eigenvalue weighted by atomic mass is 32.2. The fourth-order valence-electron chi connectivity index (χ4n) is 3.33. The number of amides is 1. The van der Waals surface area contributed by atoms with Gasteiger partial charge in [-0.05, 0) is 43.7 Å². The van der Waals surface area contributed by atoms with Gasteiger partial charge in [0.25, 0.3) is 0 Å². The molecule has 29 heavy (non-hydrogen) atoms. The molecule has 2 aromatic rings. The minimum Gasteiger partial charge on any atom is -0.302 e. The van der Waals surface area contributed by atoms with Crippen molar-refractivity contribution in [3.8, 4) is 11.3 Å². The lowest BCUT2D eigenvalue weighted by atomic mass is 10.1. The minimum absolute atomic E-state index is 0.251. The number of benzene rings is 1. The third kappa shape index (κ3) is 5.73. The maximum Gasteiger partial charge on any atom is 0.416 e. The summed E-state index contributed by atoms with van der Waals surface area (Å²) >= 11 is 3.26. The number of rotatable bonds is 7. The molecule has 1 unspecified atom stereocenters. The van der Waals surface area contributed by atoms with Gasteiger partial charge in [-0.15, -0.1) is 11.8 Å². The number of carbonyl (C=O) groups is 1. The number of nitrogens with zero attached hydrogens (tertiary/aromatic N) is 2. The van der Waals surface area contributed by atoms with Crippen LogP contribution in [0.25, 0.3) is 11.3 Å². The van der Waals surface area contributed by atoms with E-state index in [9.17, 15) is 18.0 Å². The van der Waals surface area contributed by atoms with Crippen molar-refractivity contribution >= 4 is 34.1 Å². The molecule has 1 N–H and O–H groups in total. The van der Waals surface area contributed by atoms with E-state index < -0.39 is 11.7 Å². The van der Waals surface area contributed by atoms with Crippen molar-refractivity contribution in [2.24, 2.45) is 0 Å². The molecular formula is C20H24F3N3OS2. The summed E-state index contributed by atoms with van der Waals surface area (Å²) in [6, 6.07) is 5.22. The van der Waals surface area contributed by atoms with Gasteiger partial charge in [-0.2, -0.15) is 13.2 Å². The van der Waals surface area contributed by atoms with Gasteiger partial charge in [0.05, 0.1) is 16.6 Å². The molecule has 1 saturated heterocycles. The number of nitrogens with one attached hydrogen (secondary N) is 1. The van der Waals surface area contributed by atoms with E-state index in [2.05, 4.69) is 22.1 Å². The van der Waals surface area contributed by atoms with Gasteiger partial charge in [-0.3, -0.25) is 9.69 Å². The summed E-state index contributed by atoms with van der Waals surface area (Å²) in [6.45, 7) is 5.12. The number of thiazole rings is 1. The van der Waals surface area contributed by atoms with Crippen molar-refractivity contribution in [1.29, 1.82) is 0 Å². The quantitative estimate of drug-likeness (QED) is 0.583. The zero-order valence-corrected chi connectivity index (χ0v) is 18.0. The van der Waals surface area contributed by atoms with Gasteiger partial charge in [-0.1, -0.05) is 30.4 Å². The monoisotopic (exact) mass is 443 g/mol.